The first-order valence-electron chi connectivity index (χ1n) is 9.52. The highest BCUT2D eigenvalue weighted by molar-refractivity contribution is 7.99. The lowest BCUT2D eigenvalue weighted by Crippen LogP contribution is -2.27. The number of benzene rings is 1. The number of carbonyl (C=O) groups excluding carboxylic acids is 2. The fourth-order valence-corrected chi connectivity index (χ4v) is 4.10. The van der Waals surface area contributed by atoms with Gasteiger partial charge in [-0.15, -0.1) is 11.8 Å². The minimum atomic E-state index is -0.00172. The Morgan fingerprint density at radius 1 is 1.11 bits per heavy atom. The van der Waals surface area contributed by atoms with E-state index in [2.05, 4.69) is 50.0 Å². The predicted octanol–water partition coefficient (Wildman–Crippen LogP) is 4.66. The third-order valence-electron chi connectivity index (χ3n) is 4.95. The summed E-state index contributed by atoms with van der Waals surface area (Å²) in [6.45, 7) is 8.23. The van der Waals surface area contributed by atoms with Crippen molar-refractivity contribution >= 4 is 23.5 Å². The van der Waals surface area contributed by atoms with Crippen LogP contribution in [-0.4, -0.2) is 40.4 Å². The molecule has 0 bridgehead atoms. The number of nitrogens with zero attached hydrogens (tertiary/aromatic N) is 1. The van der Waals surface area contributed by atoms with Crippen LogP contribution in [-0.2, 0) is 11.2 Å². The second kappa shape index (κ2) is 8.34. The van der Waals surface area contributed by atoms with Gasteiger partial charge in [0.1, 0.15) is 5.69 Å². The molecule has 1 fully saturated rings. The van der Waals surface area contributed by atoms with Gasteiger partial charge >= 0.3 is 0 Å². The molecular weight excluding hydrogens is 356 g/mol. The number of rotatable bonds is 6. The Kier molecular flexibility index (Phi) is 6.10. The van der Waals surface area contributed by atoms with Crippen LogP contribution in [0.5, 0.6) is 0 Å². The molecule has 0 saturated carbocycles. The van der Waals surface area contributed by atoms with E-state index in [-0.39, 0.29) is 17.1 Å². The monoisotopic (exact) mass is 384 g/mol. The molecule has 3 rings (SSSR count). The first-order valence-corrected chi connectivity index (χ1v) is 10.7. The van der Waals surface area contributed by atoms with Gasteiger partial charge < -0.3 is 9.88 Å². The molecule has 1 aliphatic rings. The number of amides is 1. The number of likely N-dealkylation sites (tertiary alicyclic amines) is 1. The molecule has 1 amide bonds. The maximum absolute atomic E-state index is 12.4. The predicted molar refractivity (Wildman–Crippen MR) is 112 cm³/mol. The lowest BCUT2D eigenvalue weighted by molar-refractivity contribution is 0.0787. The van der Waals surface area contributed by atoms with Crippen LogP contribution in [0.25, 0.3) is 0 Å². The molecular formula is C22H28N2O2S. The van der Waals surface area contributed by atoms with Crippen LogP contribution in [0, 0.1) is 0 Å². The number of H-pyrrole nitrogens is 1. The Hall–Kier alpha value is -2.01. The van der Waals surface area contributed by atoms with Crippen molar-refractivity contribution in [1.82, 2.24) is 9.88 Å². The summed E-state index contributed by atoms with van der Waals surface area (Å²) in [4.78, 5) is 29.6. The van der Waals surface area contributed by atoms with Gasteiger partial charge in [-0.1, -0.05) is 45.0 Å². The smallest absolute Gasteiger partial charge is 0.270 e. The highest BCUT2D eigenvalue weighted by atomic mass is 32.2. The van der Waals surface area contributed by atoms with Crippen LogP contribution in [0.15, 0.2) is 36.5 Å². The summed E-state index contributed by atoms with van der Waals surface area (Å²) in [6.07, 6.45) is 3.78. The normalized spacial score (nSPS) is 14.6. The van der Waals surface area contributed by atoms with Gasteiger partial charge in [0.25, 0.3) is 5.91 Å². The van der Waals surface area contributed by atoms with Crippen molar-refractivity contribution in [3.05, 3.63) is 58.9 Å². The average Bonchev–Trinajstić information content (AvgIpc) is 3.33. The number of nitrogens with one attached hydrogen (secondary N) is 1. The second-order valence-electron chi connectivity index (χ2n) is 8.16. The summed E-state index contributed by atoms with van der Waals surface area (Å²) < 4.78 is 0. The van der Waals surface area contributed by atoms with Gasteiger partial charge in [-0.25, -0.2) is 0 Å². The van der Waals surface area contributed by atoms with E-state index in [1.807, 2.05) is 4.90 Å². The molecule has 1 aliphatic heterocycles. The van der Waals surface area contributed by atoms with Gasteiger partial charge in [-0.3, -0.25) is 9.59 Å². The molecule has 1 saturated heterocycles. The van der Waals surface area contributed by atoms with Gasteiger partial charge in [-0.2, -0.15) is 0 Å². The summed E-state index contributed by atoms with van der Waals surface area (Å²) in [5.74, 6) is 1.28. The lowest BCUT2D eigenvalue weighted by Gasteiger charge is -2.19. The molecule has 0 spiro atoms. The molecule has 0 unspecified atom stereocenters. The van der Waals surface area contributed by atoms with E-state index < -0.39 is 0 Å². The fourth-order valence-electron chi connectivity index (χ4n) is 3.22. The third kappa shape index (κ3) is 5.04. The molecule has 1 aromatic heterocycles. The van der Waals surface area contributed by atoms with Crippen molar-refractivity contribution in [3.63, 3.8) is 0 Å². The van der Waals surface area contributed by atoms with Crippen LogP contribution in [0.3, 0.4) is 0 Å². The van der Waals surface area contributed by atoms with E-state index in [0.717, 1.165) is 31.7 Å². The second-order valence-corrected chi connectivity index (χ2v) is 9.15. The summed E-state index contributed by atoms with van der Waals surface area (Å²) in [5.41, 5.74) is 3.80. The van der Waals surface area contributed by atoms with Gasteiger partial charge in [0.15, 0.2) is 5.78 Å². The number of ketones is 1. The molecule has 4 nitrogen and oxygen atoms in total. The van der Waals surface area contributed by atoms with E-state index >= 15 is 0 Å². The molecule has 2 aromatic rings. The quantitative estimate of drug-likeness (QED) is 0.737. The summed E-state index contributed by atoms with van der Waals surface area (Å²) in [5, 5.41) is 0. The van der Waals surface area contributed by atoms with Crippen LogP contribution < -0.4 is 0 Å². The van der Waals surface area contributed by atoms with Crippen LogP contribution in [0.2, 0.25) is 0 Å². The Morgan fingerprint density at radius 2 is 1.78 bits per heavy atom. The molecule has 1 N–H and O–H groups in total. The average molecular weight is 385 g/mol. The summed E-state index contributed by atoms with van der Waals surface area (Å²) in [6, 6.07) is 10.3. The van der Waals surface area contributed by atoms with E-state index in [1.54, 1.807) is 24.0 Å². The minimum absolute atomic E-state index is 0.00172. The highest BCUT2D eigenvalue weighted by Crippen LogP contribution is 2.23. The van der Waals surface area contributed by atoms with E-state index in [4.69, 9.17) is 0 Å². The van der Waals surface area contributed by atoms with Gasteiger partial charge in [-0.05, 0) is 35.4 Å². The zero-order valence-corrected chi connectivity index (χ0v) is 17.2. The van der Waals surface area contributed by atoms with Crippen molar-refractivity contribution < 1.29 is 9.59 Å². The Morgan fingerprint density at radius 3 is 2.41 bits per heavy atom. The molecule has 2 heterocycles. The topological polar surface area (TPSA) is 53.2 Å². The van der Waals surface area contributed by atoms with Crippen molar-refractivity contribution in [2.75, 3.05) is 18.8 Å². The van der Waals surface area contributed by atoms with Crippen molar-refractivity contribution in [2.45, 2.75) is 44.8 Å². The van der Waals surface area contributed by atoms with E-state index in [1.165, 1.54) is 11.1 Å². The number of hydrogen-bond donors (Lipinski definition) is 1. The van der Waals surface area contributed by atoms with Crippen molar-refractivity contribution in [3.8, 4) is 0 Å². The standard InChI is InChI=1S/C22H28N2O2S/c1-22(2,3)18-8-6-16(7-9-18)14-27-15-20(25)17-12-19(23-13-17)21(26)24-10-4-5-11-24/h6-9,12-13,23H,4-5,10-11,14-15H2,1-3H3. The highest BCUT2D eigenvalue weighted by Gasteiger charge is 2.21. The zero-order valence-electron chi connectivity index (χ0n) is 16.4. The number of aromatic amines is 1. The molecule has 0 radical (unpaired) electrons. The number of Topliss-reactive ketones (excluding diaryl/α,β-unsaturated/α-hetero) is 1. The lowest BCUT2D eigenvalue weighted by atomic mass is 9.87. The Bertz CT molecular complexity index is 796. The van der Waals surface area contributed by atoms with Crippen molar-refractivity contribution in [1.29, 1.82) is 0 Å². The number of aromatic nitrogens is 1. The van der Waals surface area contributed by atoms with Crippen LogP contribution in [0.1, 0.15) is 65.6 Å². The van der Waals surface area contributed by atoms with Crippen molar-refractivity contribution in [2.24, 2.45) is 0 Å². The van der Waals surface area contributed by atoms with Gasteiger partial charge in [0, 0.05) is 30.6 Å². The van der Waals surface area contributed by atoms with Crippen LogP contribution >= 0.6 is 11.8 Å². The maximum Gasteiger partial charge on any atom is 0.270 e. The van der Waals surface area contributed by atoms with Crippen LogP contribution in [0.4, 0.5) is 0 Å². The molecule has 1 aromatic carbocycles. The molecule has 5 heteroatoms. The first-order chi connectivity index (χ1) is 12.8. The van der Waals surface area contributed by atoms with E-state index in [9.17, 15) is 9.59 Å². The van der Waals surface area contributed by atoms with E-state index in [0.29, 0.717) is 17.0 Å². The minimum Gasteiger partial charge on any atom is -0.356 e. The third-order valence-corrected chi connectivity index (χ3v) is 5.95. The Balaban J connectivity index is 1.50. The molecule has 0 atom stereocenters. The summed E-state index contributed by atoms with van der Waals surface area (Å²) >= 11 is 1.61. The fraction of sp³-hybridized carbons (Fsp3) is 0.455. The molecule has 0 aliphatic carbocycles. The summed E-state index contributed by atoms with van der Waals surface area (Å²) in [7, 11) is 0. The number of thioether (sulfide) groups is 1. The zero-order chi connectivity index (χ0) is 19.4. The number of carbonyl (C=O) groups is 2. The Labute approximate surface area is 165 Å². The molecule has 27 heavy (non-hydrogen) atoms. The number of hydrogen-bond acceptors (Lipinski definition) is 3. The maximum atomic E-state index is 12.4. The SMILES string of the molecule is CC(C)(C)c1ccc(CSCC(=O)c2c[nH]c(C(=O)N3CCCC3)c2)cc1. The van der Waals surface area contributed by atoms with Gasteiger partial charge in [0.2, 0.25) is 0 Å². The van der Waals surface area contributed by atoms with Gasteiger partial charge in [0.05, 0.1) is 5.75 Å². The molecule has 144 valence electrons. The largest absolute Gasteiger partial charge is 0.356 e. The first kappa shape index (κ1) is 19.7.